The zero-order valence-corrected chi connectivity index (χ0v) is 12.7. The van der Waals surface area contributed by atoms with E-state index in [4.69, 9.17) is 4.74 Å². The third kappa shape index (κ3) is 3.92. The van der Waals surface area contributed by atoms with Gasteiger partial charge in [-0.25, -0.2) is 8.42 Å². The summed E-state index contributed by atoms with van der Waals surface area (Å²) in [6.07, 6.45) is 1.57. The molecule has 5 heteroatoms. The van der Waals surface area contributed by atoms with E-state index in [0.717, 1.165) is 6.26 Å². The zero-order valence-electron chi connectivity index (χ0n) is 11.9. The summed E-state index contributed by atoms with van der Waals surface area (Å²) in [5.74, 6) is 0.948. The minimum absolute atomic E-state index is 0.0327. The maximum atomic E-state index is 11.7. The second-order valence-corrected chi connectivity index (χ2v) is 6.67. The molecule has 4 nitrogen and oxygen atoms in total. The van der Waals surface area contributed by atoms with Crippen LogP contribution in [0, 0.1) is 0 Å². The number of hydrogen-bond donors (Lipinski definition) is 0. The fraction of sp³-hybridized carbons (Fsp3) is 0.188. The van der Waals surface area contributed by atoms with Gasteiger partial charge in [-0.05, 0) is 30.3 Å². The number of carbonyl (C=O) groups is 1. The van der Waals surface area contributed by atoms with Crippen LogP contribution in [0.5, 0.6) is 11.5 Å². The van der Waals surface area contributed by atoms with Crippen molar-refractivity contribution in [2.24, 2.45) is 0 Å². The monoisotopic (exact) mass is 304 g/mol. The van der Waals surface area contributed by atoms with Gasteiger partial charge in [-0.3, -0.25) is 4.79 Å². The molecule has 21 heavy (non-hydrogen) atoms. The van der Waals surface area contributed by atoms with Crippen molar-refractivity contribution < 1.29 is 17.9 Å². The quantitative estimate of drug-likeness (QED) is 0.793. The summed E-state index contributed by atoms with van der Waals surface area (Å²) in [4.78, 5) is 11.9. The summed E-state index contributed by atoms with van der Waals surface area (Å²) in [5, 5.41) is 0. The number of Topliss-reactive ketones (excluding diaryl/α,β-unsaturated/α-hetero) is 1. The van der Waals surface area contributed by atoms with Crippen LogP contribution in [-0.4, -0.2) is 20.5 Å². The van der Waals surface area contributed by atoms with E-state index in [-0.39, 0.29) is 10.7 Å². The molecule has 0 saturated carbocycles. The first kappa shape index (κ1) is 15.3. The van der Waals surface area contributed by atoms with Crippen LogP contribution >= 0.6 is 0 Å². The minimum Gasteiger partial charge on any atom is -0.457 e. The van der Waals surface area contributed by atoms with Crippen LogP contribution in [0.4, 0.5) is 0 Å². The Balaban J connectivity index is 2.28. The van der Waals surface area contributed by atoms with Crippen molar-refractivity contribution in [2.45, 2.75) is 18.2 Å². The molecule has 0 atom stereocenters. The number of carbonyl (C=O) groups excluding carboxylic acids is 1. The second kappa shape index (κ2) is 6.10. The third-order valence-corrected chi connectivity index (χ3v) is 4.06. The lowest BCUT2D eigenvalue weighted by Crippen LogP contribution is -1.98. The van der Waals surface area contributed by atoms with Gasteiger partial charge in [0, 0.05) is 18.2 Å². The van der Waals surface area contributed by atoms with E-state index in [1.54, 1.807) is 43.3 Å². The molecular formula is C16H16O4S. The highest BCUT2D eigenvalue weighted by Gasteiger charge is 2.09. The second-order valence-electron chi connectivity index (χ2n) is 4.65. The molecule has 0 bridgehead atoms. The van der Waals surface area contributed by atoms with Crippen LogP contribution in [0.1, 0.15) is 23.7 Å². The van der Waals surface area contributed by atoms with E-state index >= 15 is 0 Å². The van der Waals surface area contributed by atoms with E-state index in [9.17, 15) is 13.2 Å². The van der Waals surface area contributed by atoms with Crippen LogP contribution in [0.3, 0.4) is 0 Å². The molecule has 0 aliphatic carbocycles. The average Bonchev–Trinajstić information content (AvgIpc) is 2.46. The highest BCUT2D eigenvalue weighted by molar-refractivity contribution is 7.90. The van der Waals surface area contributed by atoms with Gasteiger partial charge in [0.2, 0.25) is 0 Å². The summed E-state index contributed by atoms with van der Waals surface area (Å²) >= 11 is 0. The number of benzene rings is 2. The summed E-state index contributed by atoms with van der Waals surface area (Å²) in [5.41, 5.74) is 0.578. The molecule has 0 aromatic heterocycles. The van der Waals surface area contributed by atoms with Crippen molar-refractivity contribution in [3.8, 4) is 11.5 Å². The van der Waals surface area contributed by atoms with Gasteiger partial charge in [-0.2, -0.15) is 0 Å². The highest BCUT2D eigenvalue weighted by atomic mass is 32.2. The van der Waals surface area contributed by atoms with Gasteiger partial charge in [-0.15, -0.1) is 0 Å². The van der Waals surface area contributed by atoms with Gasteiger partial charge in [0.15, 0.2) is 15.6 Å². The standard InChI is InChI=1S/C16H16O4S/c1-3-16(17)12-6-4-7-13(10-12)20-14-8-5-9-15(11-14)21(2,18)19/h4-11H,3H2,1-2H3. The molecule has 0 N–H and O–H groups in total. The average molecular weight is 304 g/mol. The Labute approximate surface area is 124 Å². The lowest BCUT2D eigenvalue weighted by Gasteiger charge is -2.08. The molecule has 0 saturated heterocycles. The molecule has 0 fully saturated rings. The van der Waals surface area contributed by atoms with Crippen LogP contribution in [0.15, 0.2) is 53.4 Å². The Kier molecular flexibility index (Phi) is 4.43. The Hall–Kier alpha value is -2.14. The predicted octanol–water partition coefficient (Wildman–Crippen LogP) is 3.48. The molecule has 2 aromatic rings. The minimum atomic E-state index is -3.28. The Morgan fingerprint density at radius 2 is 1.67 bits per heavy atom. The van der Waals surface area contributed by atoms with Crippen LogP contribution in [0.25, 0.3) is 0 Å². The van der Waals surface area contributed by atoms with Crippen molar-refractivity contribution in [1.29, 1.82) is 0 Å². The fourth-order valence-electron chi connectivity index (χ4n) is 1.84. The van der Waals surface area contributed by atoms with E-state index < -0.39 is 9.84 Å². The fourth-order valence-corrected chi connectivity index (χ4v) is 2.50. The largest absolute Gasteiger partial charge is 0.457 e. The number of sulfone groups is 1. The molecule has 110 valence electrons. The van der Waals surface area contributed by atoms with Crippen LogP contribution in [0.2, 0.25) is 0 Å². The lowest BCUT2D eigenvalue weighted by molar-refractivity contribution is 0.0988. The molecule has 0 amide bonds. The van der Waals surface area contributed by atoms with Gasteiger partial charge < -0.3 is 4.74 Å². The van der Waals surface area contributed by atoms with Crippen molar-refractivity contribution in [2.75, 3.05) is 6.26 Å². The van der Waals surface area contributed by atoms with Crippen LogP contribution < -0.4 is 4.74 Å². The number of ether oxygens (including phenoxy) is 1. The molecule has 0 radical (unpaired) electrons. The molecule has 0 aliphatic rings. The smallest absolute Gasteiger partial charge is 0.175 e. The molecule has 0 heterocycles. The van der Waals surface area contributed by atoms with Gasteiger partial charge in [-0.1, -0.05) is 25.1 Å². The van der Waals surface area contributed by atoms with Gasteiger partial charge >= 0.3 is 0 Å². The summed E-state index contributed by atoms with van der Waals surface area (Å²) in [6.45, 7) is 1.80. The predicted molar refractivity (Wildman–Crippen MR) is 80.7 cm³/mol. The third-order valence-electron chi connectivity index (χ3n) is 2.95. The Morgan fingerprint density at radius 3 is 2.29 bits per heavy atom. The van der Waals surface area contributed by atoms with Gasteiger partial charge in [0.25, 0.3) is 0 Å². The van der Waals surface area contributed by atoms with E-state index in [0.29, 0.717) is 23.5 Å². The summed E-state index contributed by atoms with van der Waals surface area (Å²) in [6, 6.07) is 13.1. The maximum absolute atomic E-state index is 11.7. The lowest BCUT2D eigenvalue weighted by atomic mass is 10.1. The number of rotatable bonds is 5. The Morgan fingerprint density at radius 1 is 1.05 bits per heavy atom. The molecule has 2 rings (SSSR count). The first-order chi connectivity index (χ1) is 9.90. The van der Waals surface area contributed by atoms with E-state index in [1.807, 2.05) is 0 Å². The molecule has 0 spiro atoms. The summed E-state index contributed by atoms with van der Waals surface area (Å²) in [7, 11) is -3.28. The van der Waals surface area contributed by atoms with Crippen molar-refractivity contribution in [3.63, 3.8) is 0 Å². The molecule has 0 aliphatic heterocycles. The van der Waals surface area contributed by atoms with Crippen molar-refractivity contribution in [3.05, 3.63) is 54.1 Å². The van der Waals surface area contributed by atoms with Crippen molar-refractivity contribution in [1.82, 2.24) is 0 Å². The normalized spacial score (nSPS) is 11.1. The van der Waals surface area contributed by atoms with Gasteiger partial charge in [0.1, 0.15) is 11.5 Å². The van der Waals surface area contributed by atoms with E-state index in [1.165, 1.54) is 12.1 Å². The molecular weight excluding hydrogens is 288 g/mol. The number of ketones is 1. The topological polar surface area (TPSA) is 60.4 Å². The first-order valence-electron chi connectivity index (χ1n) is 6.51. The van der Waals surface area contributed by atoms with E-state index in [2.05, 4.69) is 0 Å². The molecule has 2 aromatic carbocycles. The molecule has 0 unspecified atom stereocenters. The van der Waals surface area contributed by atoms with Crippen LogP contribution in [-0.2, 0) is 9.84 Å². The first-order valence-corrected chi connectivity index (χ1v) is 8.40. The zero-order chi connectivity index (χ0) is 15.5. The Bertz CT molecular complexity index is 763. The summed E-state index contributed by atoms with van der Waals surface area (Å²) < 4.78 is 28.7. The maximum Gasteiger partial charge on any atom is 0.175 e. The number of hydrogen-bond acceptors (Lipinski definition) is 4. The van der Waals surface area contributed by atoms with Crippen molar-refractivity contribution >= 4 is 15.6 Å². The van der Waals surface area contributed by atoms with Gasteiger partial charge in [0.05, 0.1) is 4.90 Å². The highest BCUT2D eigenvalue weighted by Crippen LogP contribution is 2.25. The SMILES string of the molecule is CCC(=O)c1cccc(Oc2cccc(S(C)(=O)=O)c2)c1.